The molecular formula is C18H15F3N2O. The van der Waals surface area contributed by atoms with Gasteiger partial charge in [-0.3, -0.25) is 4.79 Å². The number of hydrogen-bond acceptors (Lipinski definition) is 2. The fraction of sp³-hybridized carbons (Fsp3) is 0.111. The SMILES string of the molecule is CC(/C=N/NC(=O)c1cccc(C(F)(F)F)c1)=C\c1ccccc1. The number of carbonyl (C=O) groups is 1. The van der Waals surface area contributed by atoms with Crippen molar-refractivity contribution >= 4 is 18.2 Å². The van der Waals surface area contributed by atoms with Crippen LogP contribution in [0, 0.1) is 0 Å². The average Bonchev–Trinajstić information content (AvgIpc) is 2.55. The van der Waals surface area contributed by atoms with Crippen LogP contribution in [0.5, 0.6) is 0 Å². The van der Waals surface area contributed by atoms with Crippen LogP contribution in [0.4, 0.5) is 13.2 Å². The second-order valence-electron chi connectivity index (χ2n) is 5.08. The molecule has 124 valence electrons. The Balaban J connectivity index is 2.02. The molecule has 0 aromatic heterocycles. The van der Waals surface area contributed by atoms with Crippen LogP contribution in [-0.2, 0) is 6.18 Å². The Kier molecular flexibility index (Phi) is 5.52. The highest BCUT2D eigenvalue weighted by Crippen LogP contribution is 2.29. The van der Waals surface area contributed by atoms with Gasteiger partial charge >= 0.3 is 6.18 Å². The van der Waals surface area contributed by atoms with Crippen LogP contribution in [0.15, 0.2) is 65.3 Å². The van der Waals surface area contributed by atoms with Crippen LogP contribution in [0.3, 0.4) is 0 Å². The quantitative estimate of drug-likeness (QED) is 0.649. The Morgan fingerprint density at radius 3 is 2.46 bits per heavy atom. The van der Waals surface area contributed by atoms with E-state index in [2.05, 4.69) is 10.5 Å². The highest BCUT2D eigenvalue weighted by atomic mass is 19.4. The van der Waals surface area contributed by atoms with Gasteiger partial charge in [-0.25, -0.2) is 5.43 Å². The van der Waals surface area contributed by atoms with Crippen molar-refractivity contribution in [3.63, 3.8) is 0 Å². The second-order valence-corrected chi connectivity index (χ2v) is 5.08. The molecule has 6 heteroatoms. The van der Waals surface area contributed by atoms with Crippen molar-refractivity contribution in [3.8, 4) is 0 Å². The average molecular weight is 332 g/mol. The lowest BCUT2D eigenvalue weighted by Crippen LogP contribution is -2.18. The summed E-state index contributed by atoms with van der Waals surface area (Å²) in [5.74, 6) is -0.704. The molecule has 0 fully saturated rings. The summed E-state index contributed by atoms with van der Waals surface area (Å²) >= 11 is 0. The first-order valence-corrected chi connectivity index (χ1v) is 7.10. The summed E-state index contributed by atoms with van der Waals surface area (Å²) in [4.78, 5) is 11.9. The Morgan fingerprint density at radius 1 is 1.08 bits per heavy atom. The molecule has 0 radical (unpaired) electrons. The van der Waals surface area contributed by atoms with E-state index in [9.17, 15) is 18.0 Å². The Labute approximate surface area is 137 Å². The minimum absolute atomic E-state index is 0.105. The minimum atomic E-state index is -4.49. The minimum Gasteiger partial charge on any atom is -0.267 e. The summed E-state index contributed by atoms with van der Waals surface area (Å²) in [7, 11) is 0. The maximum absolute atomic E-state index is 12.6. The smallest absolute Gasteiger partial charge is 0.267 e. The van der Waals surface area contributed by atoms with Crippen LogP contribution in [0.1, 0.15) is 28.4 Å². The molecule has 2 rings (SSSR count). The summed E-state index contributed by atoms with van der Waals surface area (Å²) in [5, 5.41) is 3.76. The number of benzene rings is 2. The van der Waals surface area contributed by atoms with E-state index in [-0.39, 0.29) is 5.56 Å². The molecule has 0 saturated carbocycles. The Bertz CT molecular complexity index is 765. The molecule has 0 bridgehead atoms. The Hall–Kier alpha value is -2.89. The first-order chi connectivity index (χ1) is 11.4. The number of allylic oxidation sites excluding steroid dienone is 1. The molecular weight excluding hydrogens is 317 g/mol. The van der Waals surface area contributed by atoms with Crippen molar-refractivity contribution in [2.75, 3.05) is 0 Å². The van der Waals surface area contributed by atoms with E-state index in [1.807, 2.05) is 36.4 Å². The van der Waals surface area contributed by atoms with Crippen LogP contribution in [0.2, 0.25) is 0 Å². The number of amides is 1. The van der Waals surface area contributed by atoms with Gasteiger partial charge in [0.1, 0.15) is 0 Å². The molecule has 0 unspecified atom stereocenters. The number of hydrazone groups is 1. The molecule has 0 atom stereocenters. The third-order valence-electron chi connectivity index (χ3n) is 3.08. The molecule has 0 aliphatic heterocycles. The zero-order valence-electron chi connectivity index (χ0n) is 12.8. The summed E-state index contributed by atoms with van der Waals surface area (Å²) in [6.07, 6.45) is -1.20. The number of rotatable bonds is 4. The number of hydrogen-bond donors (Lipinski definition) is 1. The first kappa shape index (κ1) is 17.5. The van der Waals surface area contributed by atoms with Crippen molar-refractivity contribution in [3.05, 3.63) is 76.9 Å². The number of carbonyl (C=O) groups excluding carboxylic acids is 1. The van der Waals surface area contributed by atoms with Gasteiger partial charge in [-0.2, -0.15) is 18.3 Å². The van der Waals surface area contributed by atoms with E-state index in [0.717, 1.165) is 23.3 Å². The zero-order valence-corrected chi connectivity index (χ0v) is 12.8. The van der Waals surface area contributed by atoms with E-state index in [4.69, 9.17) is 0 Å². The largest absolute Gasteiger partial charge is 0.416 e. The van der Waals surface area contributed by atoms with Gasteiger partial charge < -0.3 is 0 Å². The number of nitrogens with one attached hydrogen (secondary N) is 1. The maximum atomic E-state index is 12.6. The van der Waals surface area contributed by atoms with Crippen molar-refractivity contribution in [2.45, 2.75) is 13.1 Å². The fourth-order valence-electron chi connectivity index (χ4n) is 1.94. The van der Waals surface area contributed by atoms with Crippen LogP contribution < -0.4 is 5.43 Å². The van der Waals surface area contributed by atoms with Crippen LogP contribution in [-0.4, -0.2) is 12.1 Å². The fourth-order valence-corrected chi connectivity index (χ4v) is 1.94. The van der Waals surface area contributed by atoms with E-state index in [1.165, 1.54) is 18.3 Å². The molecule has 1 amide bonds. The van der Waals surface area contributed by atoms with E-state index in [1.54, 1.807) is 6.92 Å². The van der Waals surface area contributed by atoms with Gasteiger partial charge in [-0.05, 0) is 36.3 Å². The lowest BCUT2D eigenvalue weighted by atomic mass is 10.1. The third-order valence-corrected chi connectivity index (χ3v) is 3.08. The molecule has 2 aromatic rings. The van der Waals surface area contributed by atoms with Crippen molar-refractivity contribution < 1.29 is 18.0 Å². The van der Waals surface area contributed by atoms with Crippen molar-refractivity contribution in [1.82, 2.24) is 5.43 Å². The third kappa shape index (κ3) is 5.08. The van der Waals surface area contributed by atoms with Gasteiger partial charge in [-0.15, -0.1) is 0 Å². The Morgan fingerprint density at radius 2 is 1.79 bits per heavy atom. The lowest BCUT2D eigenvalue weighted by molar-refractivity contribution is -0.137. The summed E-state index contributed by atoms with van der Waals surface area (Å²) < 4.78 is 37.9. The molecule has 0 aliphatic rings. The van der Waals surface area contributed by atoms with E-state index < -0.39 is 17.6 Å². The zero-order chi connectivity index (χ0) is 17.6. The second kappa shape index (κ2) is 7.59. The predicted molar refractivity (Wildman–Crippen MR) is 87.5 cm³/mol. The van der Waals surface area contributed by atoms with Gasteiger partial charge in [0.05, 0.1) is 11.8 Å². The monoisotopic (exact) mass is 332 g/mol. The van der Waals surface area contributed by atoms with Gasteiger partial charge in [0.2, 0.25) is 0 Å². The molecule has 0 aliphatic carbocycles. The van der Waals surface area contributed by atoms with Gasteiger partial charge in [-0.1, -0.05) is 42.5 Å². The lowest BCUT2D eigenvalue weighted by Gasteiger charge is -2.07. The van der Waals surface area contributed by atoms with Gasteiger partial charge in [0.15, 0.2) is 0 Å². The molecule has 24 heavy (non-hydrogen) atoms. The maximum Gasteiger partial charge on any atom is 0.416 e. The topological polar surface area (TPSA) is 41.5 Å². The molecule has 3 nitrogen and oxygen atoms in total. The molecule has 1 N–H and O–H groups in total. The highest BCUT2D eigenvalue weighted by Gasteiger charge is 2.30. The van der Waals surface area contributed by atoms with Gasteiger partial charge in [0, 0.05) is 5.56 Å². The molecule has 2 aromatic carbocycles. The summed E-state index contributed by atoms with van der Waals surface area (Å²) in [5.41, 5.74) is 3.00. The molecule has 0 heterocycles. The summed E-state index contributed by atoms with van der Waals surface area (Å²) in [6.45, 7) is 1.80. The standard InChI is InChI=1S/C18H15F3N2O/c1-13(10-14-6-3-2-4-7-14)12-22-23-17(24)15-8-5-9-16(11-15)18(19,20)21/h2-12H,1H3,(H,23,24)/b13-10+,22-12+. The van der Waals surface area contributed by atoms with E-state index in [0.29, 0.717) is 0 Å². The van der Waals surface area contributed by atoms with E-state index >= 15 is 0 Å². The van der Waals surface area contributed by atoms with Gasteiger partial charge in [0.25, 0.3) is 5.91 Å². The number of alkyl halides is 3. The van der Waals surface area contributed by atoms with Crippen LogP contribution in [0.25, 0.3) is 6.08 Å². The highest BCUT2D eigenvalue weighted by molar-refractivity contribution is 5.95. The number of nitrogens with zero attached hydrogens (tertiary/aromatic N) is 1. The first-order valence-electron chi connectivity index (χ1n) is 7.10. The summed E-state index contributed by atoms with van der Waals surface area (Å²) in [6, 6.07) is 13.7. The molecule has 0 saturated heterocycles. The normalized spacial score (nSPS) is 12.4. The van der Waals surface area contributed by atoms with Crippen LogP contribution >= 0.6 is 0 Å². The van der Waals surface area contributed by atoms with Crippen molar-refractivity contribution in [1.29, 1.82) is 0 Å². The number of halogens is 3. The predicted octanol–water partition coefficient (Wildman–Crippen LogP) is 4.52. The van der Waals surface area contributed by atoms with Crippen molar-refractivity contribution in [2.24, 2.45) is 5.10 Å². The molecule has 0 spiro atoms.